The quantitative estimate of drug-likeness (QED) is 0.734. The summed E-state index contributed by atoms with van der Waals surface area (Å²) in [5.41, 5.74) is 2.22. The highest BCUT2D eigenvalue weighted by Gasteiger charge is 2.17. The van der Waals surface area contributed by atoms with E-state index in [0.29, 0.717) is 10.9 Å². The molecule has 3 aromatic heterocycles. The van der Waals surface area contributed by atoms with Crippen LogP contribution in [-0.2, 0) is 6.42 Å². The first-order chi connectivity index (χ1) is 13.7. The van der Waals surface area contributed by atoms with E-state index in [9.17, 15) is 4.79 Å². The zero-order valence-electron chi connectivity index (χ0n) is 15.6. The number of aryl methyl sites for hydroxylation is 1. The van der Waals surface area contributed by atoms with Crippen LogP contribution in [0.4, 0.5) is 5.82 Å². The van der Waals surface area contributed by atoms with Gasteiger partial charge in [-0.2, -0.15) is 5.26 Å². The van der Waals surface area contributed by atoms with Crippen molar-refractivity contribution >= 4 is 16.7 Å². The van der Waals surface area contributed by atoms with Gasteiger partial charge < -0.3 is 9.88 Å². The Labute approximate surface area is 163 Å². The Bertz CT molecular complexity index is 1040. The van der Waals surface area contributed by atoms with Crippen LogP contribution in [0.25, 0.3) is 10.9 Å². The Morgan fingerprint density at radius 1 is 1.14 bits per heavy atom. The van der Waals surface area contributed by atoms with Gasteiger partial charge in [0.1, 0.15) is 11.9 Å². The van der Waals surface area contributed by atoms with Crippen molar-refractivity contribution in [3.8, 4) is 6.07 Å². The fourth-order valence-corrected chi connectivity index (χ4v) is 3.61. The second kappa shape index (κ2) is 8.19. The summed E-state index contributed by atoms with van der Waals surface area (Å²) in [5, 5.41) is 9.51. The minimum Gasteiger partial charge on any atom is -0.354 e. The van der Waals surface area contributed by atoms with E-state index in [0.717, 1.165) is 62.6 Å². The lowest BCUT2D eigenvalue weighted by Gasteiger charge is -2.35. The molecule has 142 valence electrons. The maximum Gasteiger partial charge on any atom is 0.257 e. The van der Waals surface area contributed by atoms with Crippen LogP contribution in [0.1, 0.15) is 17.7 Å². The highest BCUT2D eigenvalue weighted by molar-refractivity contribution is 5.77. The molecule has 0 spiro atoms. The molecule has 1 aliphatic rings. The number of fused-ring (bicyclic) bond motifs is 1. The number of nitrogens with zero attached hydrogens (tertiary/aromatic N) is 5. The molecule has 1 fully saturated rings. The van der Waals surface area contributed by atoms with Gasteiger partial charge in [0, 0.05) is 44.3 Å². The lowest BCUT2D eigenvalue weighted by molar-refractivity contribution is 0.254. The number of nitrogens with one attached hydrogen (secondary N) is 1. The monoisotopic (exact) mass is 374 g/mol. The highest BCUT2D eigenvalue weighted by atomic mass is 16.1. The van der Waals surface area contributed by atoms with Crippen LogP contribution in [0.5, 0.6) is 0 Å². The van der Waals surface area contributed by atoms with Gasteiger partial charge in [0.25, 0.3) is 5.56 Å². The minimum absolute atomic E-state index is 0.0656. The van der Waals surface area contributed by atoms with Crippen LogP contribution in [-0.4, -0.2) is 52.6 Å². The van der Waals surface area contributed by atoms with E-state index in [1.54, 1.807) is 24.5 Å². The molecule has 4 heterocycles. The summed E-state index contributed by atoms with van der Waals surface area (Å²) in [7, 11) is 0. The number of aromatic nitrogens is 3. The Morgan fingerprint density at radius 3 is 2.75 bits per heavy atom. The normalized spacial score (nSPS) is 14.9. The molecule has 1 saturated heterocycles. The zero-order valence-corrected chi connectivity index (χ0v) is 15.6. The van der Waals surface area contributed by atoms with Gasteiger partial charge in [0.05, 0.1) is 16.5 Å². The molecule has 7 heteroatoms. The molecule has 3 aromatic rings. The van der Waals surface area contributed by atoms with Gasteiger partial charge in [-0.05, 0) is 49.7 Å². The molecule has 0 aliphatic carbocycles. The SMILES string of the molecule is N#Cc1ccc(N2CCN(CCCc3cc4ncccc4c(=O)[nH]3)CC2)nc1. The second-order valence-corrected chi connectivity index (χ2v) is 7.01. The maximum absolute atomic E-state index is 12.1. The van der Waals surface area contributed by atoms with E-state index in [4.69, 9.17) is 5.26 Å². The number of anilines is 1. The first-order valence-corrected chi connectivity index (χ1v) is 9.53. The van der Waals surface area contributed by atoms with Crippen LogP contribution in [0.15, 0.2) is 47.5 Å². The van der Waals surface area contributed by atoms with Crippen molar-refractivity contribution in [1.82, 2.24) is 19.9 Å². The molecule has 0 bridgehead atoms. The van der Waals surface area contributed by atoms with Crippen LogP contribution >= 0.6 is 0 Å². The zero-order chi connectivity index (χ0) is 19.3. The topological polar surface area (TPSA) is 88.9 Å². The number of aromatic amines is 1. The van der Waals surface area contributed by atoms with Crippen LogP contribution in [0.3, 0.4) is 0 Å². The summed E-state index contributed by atoms with van der Waals surface area (Å²) in [4.78, 5) is 28.5. The summed E-state index contributed by atoms with van der Waals surface area (Å²) in [6.45, 7) is 4.82. The number of hydrogen-bond acceptors (Lipinski definition) is 6. The molecule has 0 unspecified atom stereocenters. The summed E-state index contributed by atoms with van der Waals surface area (Å²) >= 11 is 0. The molecule has 0 amide bonds. The van der Waals surface area contributed by atoms with E-state index >= 15 is 0 Å². The lowest BCUT2D eigenvalue weighted by atomic mass is 10.1. The Kier molecular flexibility index (Phi) is 5.31. The minimum atomic E-state index is -0.0656. The van der Waals surface area contributed by atoms with Crippen molar-refractivity contribution < 1.29 is 0 Å². The van der Waals surface area contributed by atoms with Gasteiger partial charge in [0.2, 0.25) is 0 Å². The lowest BCUT2D eigenvalue weighted by Crippen LogP contribution is -2.47. The summed E-state index contributed by atoms with van der Waals surface area (Å²) < 4.78 is 0. The molecule has 0 saturated carbocycles. The van der Waals surface area contributed by atoms with Gasteiger partial charge >= 0.3 is 0 Å². The van der Waals surface area contributed by atoms with Crippen molar-refractivity contribution in [3.05, 3.63) is 64.3 Å². The summed E-state index contributed by atoms with van der Waals surface area (Å²) in [6.07, 6.45) is 5.16. The smallest absolute Gasteiger partial charge is 0.257 e. The number of rotatable bonds is 5. The van der Waals surface area contributed by atoms with Crippen molar-refractivity contribution in [3.63, 3.8) is 0 Å². The number of pyridine rings is 3. The third kappa shape index (κ3) is 4.02. The van der Waals surface area contributed by atoms with E-state index in [1.807, 2.05) is 18.2 Å². The van der Waals surface area contributed by atoms with Crippen LogP contribution in [0, 0.1) is 11.3 Å². The number of H-pyrrole nitrogens is 1. The largest absolute Gasteiger partial charge is 0.354 e. The maximum atomic E-state index is 12.1. The van der Waals surface area contributed by atoms with Crippen molar-refractivity contribution in [2.75, 3.05) is 37.6 Å². The van der Waals surface area contributed by atoms with Crippen molar-refractivity contribution in [2.24, 2.45) is 0 Å². The molecule has 4 rings (SSSR count). The van der Waals surface area contributed by atoms with Crippen molar-refractivity contribution in [1.29, 1.82) is 5.26 Å². The Morgan fingerprint density at radius 2 is 2.00 bits per heavy atom. The van der Waals surface area contributed by atoms with E-state index in [2.05, 4.69) is 30.8 Å². The molecule has 0 aromatic carbocycles. The average Bonchev–Trinajstić information content (AvgIpc) is 2.74. The predicted molar refractivity (Wildman–Crippen MR) is 108 cm³/mol. The molecular weight excluding hydrogens is 352 g/mol. The second-order valence-electron chi connectivity index (χ2n) is 7.01. The van der Waals surface area contributed by atoms with Crippen LogP contribution in [0.2, 0.25) is 0 Å². The molecule has 1 aliphatic heterocycles. The molecule has 1 N–H and O–H groups in total. The molecular formula is C21H22N6O. The molecule has 0 atom stereocenters. The van der Waals surface area contributed by atoms with E-state index in [1.165, 1.54) is 0 Å². The number of nitriles is 1. The Balaban J connectivity index is 1.28. The fourth-order valence-electron chi connectivity index (χ4n) is 3.61. The molecule has 7 nitrogen and oxygen atoms in total. The first-order valence-electron chi connectivity index (χ1n) is 9.53. The highest BCUT2D eigenvalue weighted by Crippen LogP contribution is 2.14. The van der Waals surface area contributed by atoms with Gasteiger partial charge in [-0.1, -0.05) is 0 Å². The first kappa shape index (κ1) is 18.1. The average molecular weight is 374 g/mol. The standard InChI is InChI=1S/C21H22N6O/c22-14-16-5-6-20(24-15-16)27-11-9-26(10-12-27)8-2-3-17-13-19-18(21(28)25-17)4-1-7-23-19/h1,4-7,13,15H,2-3,8-12H2,(H,25,28). The van der Waals surface area contributed by atoms with Crippen LogP contribution < -0.4 is 10.5 Å². The third-order valence-corrected chi connectivity index (χ3v) is 5.16. The van der Waals surface area contributed by atoms with Crippen molar-refractivity contribution in [2.45, 2.75) is 12.8 Å². The third-order valence-electron chi connectivity index (χ3n) is 5.16. The van der Waals surface area contributed by atoms with Gasteiger partial charge in [-0.3, -0.25) is 14.7 Å². The Hall–Kier alpha value is -3.24. The summed E-state index contributed by atoms with van der Waals surface area (Å²) in [5.74, 6) is 0.930. The fraction of sp³-hybridized carbons (Fsp3) is 0.333. The van der Waals surface area contributed by atoms with E-state index in [-0.39, 0.29) is 5.56 Å². The molecule has 28 heavy (non-hydrogen) atoms. The number of hydrogen-bond donors (Lipinski definition) is 1. The summed E-state index contributed by atoms with van der Waals surface area (Å²) in [6, 6.07) is 11.4. The number of piperazine rings is 1. The predicted octanol–water partition coefficient (Wildman–Crippen LogP) is 1.94. The van der Waals surface area contributed by atoms with E-state index < -0.39 is 0 Å². The molecule has 0 radical (unpaired) electrons. The van der Waals surface area contributed by atoms with Gasteiger partial charge in [-0.15, -0.1) is 0 Å². The van der Waals surface area contributed by atoms with Gasteiger partial charge in [0.15, 0.2) is 0 Å². The van der Waals surface area contributed by atoms with Gasteiger partial charge in [-0.25, -0.2) is 4.98 Å².